The molecule has 1 atom stereocenters. The topological polar surface area (TPSA) is 91.0 Å². The maximum Gasteiger partial charge on any atom is 0.251 e. The lowest BCUT2D eigenvalue weighted by molar-refractivity contribution is -0.123. The molecule has 1 fully saturated rings. The highest BCUT2D eigenvalue weighted by Crippen LogP contribution is 2.20. The lowest BCUT2D eigenvalue weighted by Crippen LogP contribution is -2.42. The zero-order chi connectivity index (χ0) is 23.2. The fourth-order valence-corrected chi connectivity index (χ4v) is 4.08. The Balaban J connectivity index is 1.54. The van der Waals surface area contributed by atoms with Gasteiger partial charge in [0.2, 0.25) is 5.91 Å². The number of amides is 1. The van der Waals surface area contributed by atoms with Crippen LogP contribution >= 0.6 is 0 Å². The van der Waals surface area contributed by atoms with E-state index in [9.17, 15) is 14.0 Å². The van der Waals surface area contributed by atoms with Crippen LogP contribution in [-0.2, 0) is 11.2 Å². The zero-order valence-corrected chi connectivity index (χ0v) is 18.6. The van der Waals surface area contributed by atoms with Crippen LogP contribution in [0.15, 0.2) is 59.7 Å². The molecule has 0 radical (unpaired) electrons. The van der Waals surface area contributed by atoms with Gasteiger partial charge in [-0.05, 0) is 61.7 Å². The van der Waals surface area contributed by atoms with Gasteiger partial charge < -0.3 is 10.3 Å². The van der Waals surface area contributed by atoms with E-state index in [0.29, 0.717) is 30.4 Å². The summed E-state index contributed by atoms with van der Waals surface area (Å²) in [5.74, 6) is 0.679. The molecule has 0 aliphatic carbocycles. The molecule has 2 N–H and O–H groups in total. The minimum Gasteiger partial charge on any atom is -0.348 e. The lowest BCUT2D eigenvalue weighted by Gasteiger charge is -2.30. The highest BCUT2D eigenvalue weighted by atomic mass is 19.1. The minimum atomic E-state index is -0.443. The quantitative estimate of drug-likeness (QED) is 0.578. The van der Waals surface area contributed by atoms with Crippen molar-refractivity contribution in [2.45, 2.75) is 32.2 Å². The summed E-state index contributed by atoms with van der Waals surface area (Å²) in [6.45, 7) is 4.35. The van der Waals surface area contributed by atoms with E-state index >= 15 is 0 Å². The summed E-state index contributed by atoms with van der Waals surface area (Å²) in [6, 6.07) is 10.6. The third-order valence-electron chi connectivity index (χ3n) is 6.01. The first-order valence-corrected chi connectivity index (χ1v) is 11.2. The first kappa shape index (κ1) is 22.8. The van der Waals surface area contributed by atoms with Gasteiger partial charge in [0.25, 0.3) is 5.56 Å². The maximum absolute atomic E-state index is 13.5. The summed E-state index contributed by atoms with van der Waals surface area (Å²) in [7, 11) is 0. The number of likely N-dealkylation sites (tertiary alicyclic amines) is 1. The summed E-state index contributed by atoms with van der Waals surface area (Å²) in [4.78, 5) is 38.7. The monoisotopic (exact) mass is 449 g/mol. The van der Waals surface area contributed by atoms with Crippen molar-refractivity contribution in [2.24, 2.45) is 5.92 Å². The summed E-state index contributed by atoms with van der Waals surface area (Å²) >= 11 is 0. The third kappa shape index (κ3) is 6.32. The Hall–Kier alpha value is -3.39. The van der Waals surface area contributed by atoms with Crippen molar-refractivity contribution in [1.82, 2.24) is 25.2 Å². The molecule has 33 heavy (non-hydrogen) atoms. The first-order chi connectivity index (χ1) is 16.0. The number of benzene rings is 1. The highest BCUT2D eigenvalue weighted by molar-refractivity contribution is 5.78. The van der Waals surface area contributed by atoms with Crippen molar-refractivity contribution < 1.29 is 9.18 Å². The third-order valence-corrected chi connectivity index (χ3v) is 6.01. The van der Waals surface area contributed by atoms with Gasteiger partial charge in [0.1, 0.15) is 11.6 Å². The number of hydrogen-bond acceptors (Lipinski definition) is 5. The van der Waals surface area contributed by atoms with Crippen molar-refractivity contribution >= 4 is 5.91 Å². The number of carbonyl (C=O) groups is 1. The van der Waals surface area contributed by atoms with Crippen molar-refractivity contribution in [3.8, 4) is 11.4 Å². The van der Waals surface area contributed by atoms with Gasteiger partial charge in [-0.2, -0.15) is 0 Å². The zero-order valence-electron chi connectivity index (χ0n) is 18.6. The second-order valence-electron chi connectivity index (χ2n) is 8.66. The van der Waals surface area contributed by atoms with Gasteiger partial charge in [-0.25, -0.2) is 9.37 Å². The van der Waals surface area contributed by atoms with Crippen molar-refractivity contribution in [3.63, 3.8) is 0 Å². The molecular weight excluding hydrogens is 421 g/mol. The number of piperidine rings is 1. The number of halogens is 1. The van der Waals surface area contributed by atoms with Crippen molar-refractivity contribution in [2.75, 3.05) is 19.6 Å². The van der Waals surface area contributed by atoms with Crippen LogP contribution in [0.1, 0.15) is 37.1 Å². The number of carbonyl (C=O) groups excluding carboxylic acids is 1. The average Bonchev–Trinajstić information content (AvgIpc) is 2.81. The summed E-state index contributed by atoms with van der Waals surface area (Å²) < 4.78 is 13.5. The predicted octanol–water partition coefficient (Wildman–Crippen LogP) is 3.10. The molecule has 3 heterocycles. The molecule has 172 valence electrons. The lowest BCUT2D eigenvalue weighted by atomic mass is 9.99. The fraction of sp³-hybridized carbons (Fsp3) is 0.360. The van der Waals surface area contributed by atoms with Gasteiger partial charge in [0.15, 0.2) is 0 Å². The largest absolute Gasteiger partial charge is 0.348 e. The molecule has 1 unspecified atom stereocenters. The molecule has 3 aromatic rings. The number of aromatic nitrogens is 3. The van der Waals surface area contributed by atoms with Gasteiger partial charge in [-0.15, -0.1) is 0 Å². The Morgan fingerprint density at radius 3 is 2.58 bits per heavy atom. The Labute approximate surface area is 192 Å². The maximum atomic E-state index is 13.5. The van der Waals surface area contributed by atoms with Gasteiger partial charge in [-0.1, -0.05) is 19.1 Å². The predicted molar refractivity (Wildman–Crippen MR) is 124 cm³/mol. The van der Waals surface area contributed by atoms with Crippen LogP contribution in [0.3, 0.4) is 0 Å². The summed E-state index contributed by atoms with van der Waals surface area (Å²) in [5.41, 5.74) is 1.75. The fourth-order valence-electron chi connectivity index (χ4n) is 4.08. The SMILES string of the molecule is CC1CCN(CC(=O)NC(Cc2cc(=O)[nH]c(-c3ccncc3)n2)c2ccc(F)cc2)CC1. The Morgan fingerprint density at radius 2 is 1.88 bits per heavy atom. The van der Waals surface area contributed by atoms with Crippen LogP contribution in [0.4, 0.5) is 4.39 Å². The van der Waals surface area contributed by atoms with Crippen molar-refractivity contribution in [1.29, 1.82) is 0 Å². The minimum absolute atomic E-state index is 0.0990. The number of hydrogen-bond donors (Lipinski definition) is 2. The normalized spacial score (nSPS) is 15.8. The van der Waals surface area contributed by atoms with E-state index < -0.39 is 6.04 Å². The second-order valence-corrected chi connectivity index (χ2v) is 8.66. The van der Waals surface area contributed by atoms with Gasteiger partial charge in [0.05, 0.1) is 18.3 Å². The Bertz CT molecular complexity index is 1130. The van der Waals surface area contributed by atoms with E-state index in [1.54, 1.807) is 36.7 Å². The second kappa shape index (κ2) is 10.5. The van der Waals surface area contributed by atoms with E-state index in [1.807, 2.05) is 0 Å². The number of aromatic amines is 1. The smallest absolute Gasteiger partial charge is 0.251 e. The number of rotatable bonds is 7. The van der Waals surface area contributed by atoms with Gasteiger partial charge in [0, 0.05) is 30.4 Å². The first-order valence-electron chi connectivity index (χ1n) is 11.2. The molecular formula is C25H28FN5O2. The van der Waals surface area contributed by atoms with Crippen LogP contribution in [0.25, 0.3) is 11.4 Å². The van der Waals surface area contributed by atoms with E-state index in [0.717, 1.165) is 37.1 Å². The molecule has 0 bridgehead atoms. The van der Waals surface area contributed by atoms with E-state index in [4.69, 9.17) is 0 Å². The number of pyridine rings is 1. The average molecular weight is 450 g/mol. The molecule has 0 spiro atoms. The molecule has 8 heteroatoms. The summed E-state index contributed by atoms with van der Waals surface area (Å²) in [5, 5.41) is 3.07. The standard InChI is InChI=1S/C25H28FN5O2/c1-17-8-12-31(13-9-17)16-24(33)29-22(18-2-4-20(26)5-3-18)14-21-15-23(32)30-25(28-21)19-6-10-27-11-7-19/h2-7,10-11,15,17,22H,8-9,12-14,16H2,1H3,(H,29,33)(H,28,30,32). The molecule has 2 aromatic heterocycles. The molecule has 1 saturated heterocycles. The molecule has 4 rings (SSSR count). The van der Waals surface area contributed by atoms with Gasteiger partial charge >= 0.3 is 0 Å². The molecule has 7 nitrogen and oxygen atoms in total. The van der Waals surface area contributed by atoms with Gasteiger partial charge in [-0.3, -0.25) is 19.5 Å². The van der Waals surface area contributed by atoms with E-state index in [2.05, 4.69) is 32.1 Å². The number of H-pyrrole nitrogens is 1. The molecule has 0 saturated carbocycles. The Kier molecular flexibility index (Phi) is 7.24. The molecule has 1 aliphatic heterocycles. The number of nitrogens with one attached hydrogen (secondary N) is 2. The molecule has 1 aromatic carbocycles. The van der Waals surface area contributed by atoms with Crippen LogP contribution in [0.5, 0.6) is 0 Å². The van der Waals surface area contributed by atoms with E-state index in [1.165, 1.54) is 18.2 Å². The van der Waals surface area contributed by atoms with Crippen molar-refractivity contribution in [3.05, 3.63) is 82.3 Å². The van der Waals surface area contributed by atoms with E-state index in [-0.39, 0.29) is 17.3 Å². The Morgan fingerprint density at radius 1 is 1.18 bits per heavy atom. The van der Waals surface area contributed by atoms with Crippen LogP contribution in [-0.4, -0.2) is 45.4 Å². The van der Waals surface area contributed by atoms with Crippen LogP contribution < -0.4 is 10.9 Å². The molecule has 1 aliphatic rings. The summed E-state index contributed by atoms with van der Waals surface area (Å²) in [6.07, 6.45) is 5.73. The number of nitrogens with zero attached hydrogens (tertiary/aromatic N) is 3. The van der Waals surface area contributed by atoms with Crippen LogP contribution in [0.2, 0.25) is 0 Å². The highest BCUT2D eigenvalue weighted by Gasteiger charge is 2.21. The van der Waals surface area contributed by atoms with Crippen LogP contribution in [0, 0.1) is 11.7 Å². The molecule has 1 amide bonds.